The van der Waals surface area contributed by atoms with Crippen LogP contribution in [0, 0.1) is 5.92 Å². The highest BCUT2D eigenvalue weighted by Gasteiger charge is 2.22. The summed E-state index contributed by atoms with van der Waals surface area (Å²) in [5.74, 6) is 0.771. The third-order valence-corrected chi connectivity index (χ3v) is 3.06. The van der Waals surface area contributed by atoms with Crippen LogP contribution < -0.4 is 5.32 Å². The Bertz CT molecular complexity index is 170. The monoisotopic (exact) mass is 213 g/mol. The minimum Gasteiger partial charge on any atom is -0.318 e. The second kappa shape index (κ2) is 6.46. The molecule has 3 nitrogen and oxygen atoms in total. The largest absolute Gasteiger partial charge is 0.318 e. The summed E-state index contributed by atoms with van der Waals surface area (Å²) in [6, 6.07) is 0.685. The molecule has 0 saturated carbocycles. The summed E-state index contributed by atoms with van der Waals surface area (Å²) in [4.78, 5) is 5.12. The third kappa shape index (κ3) is 4.49. The Morgan fingerprint density at radius 1 is 1.33 bits per heavy atom. The van der Waals surface area contributed by atoms with Crippen molar-refractivity contribution in [3.63, 3.8) is 0 Å². The van der Waals surface area contributed by atoms with Gasteiger partial charge >= 0.3 is 0 Å². The standard InChI is InChI=1S/C12H27N3/c1-11(2)9-15-7-5-6-14(4)10-12(15)8-13-3/h11-13H,5-10H2,1-4H3. The van der Waals surface area contributed by atoms with Gasteiger partial charge < -0.3 is 10.2 Å². The van der Waals surface area contributed by atoms with E-state index in [1.54, 1.807) is 0 Å². The predicted octanol–water partition coefficient (Wildman–Crippen LogP) is 0.868. The van der Waals surface area contributed by atoms with Crippen molar-refractivity contribution in [1.82, 2.24) is 15.1 Å². The molecule has 0 spiro atoms. The Balaban J connectivity index is 2.54. The smallest absolute Gasteiger partial charge is 0.0347 e. The van der Waals surface area contributed by atoms with E-state index in [9.17, 15) is 0 Å². The first-order valence-electron chi connectivity index (χ1n) is 6.20. The van der Waals surface area contributed by atoms with Crippen LogP contribution in [0.1, 0.15) is 20.3 Å². The van der Waals surface area contributed by atoms with Crippen molar-refractivity contribution in [2.45, 2.75) is 26.3 Å². The molecule has 1 aliphatic rings. The lowest BCUT2D eigenvalue weighted by atomic mass is 10.1. The first kappa shape index (κ1) is 12.9. The average molecular weight is 213 g/mol. The van der Waals surface area contributed by atoms with E-state index >= 15 is 0 Å². The van der Waals surface area contributed by atoms with Crippen molar-refractivity contribution < 1.29 is 0 Å². The molecule has 0 aliphatic carbocycles. The molecule has 1 unspecified atom stereocenters. The van der Waals surface area contributed by atoms with Crippen LogP contribution in [0.2, 0.25) is 0 Å². The zero-order chi connectivity index (χ0) is 11.3. The molecule has 1 N–H and O–H groups in total. The molecule has 0 aromatic rings. The van der Waals surface area contributed by atoms with Gasteiger partial charge in [-0.3, -0.25) is 4.90 Å². The molecule has 1 saturated heterocycles. The van der Waals surface area contributed by atoms with Gasteiger partial charge in [-0.05, 0) is 39.5 Å². The normalized spacial score (nSPS) is 25.8. The lowest BCUT2D eigenvalue weighted by molar-refractivity contribution is 0.169. The highest BCUT2D eigenvalue weighted by atomic mass is 15.2. The molecule has 0 aromatic carbocycles. The van der Waals surface area contributed by atoms with E-state index in [1.165, 1.54) is 32.6 Å². The zero-order valence-corrected chi connectivity index (χ0v) is 10.8. The summed E-state index contributed by atoms with van der Waals surface area (Å²) in [7, 11) is 4.29. The number of hydrogen-bond acceptors (Lipinski definition) is 3. The number of nitrogens with one attached hydrogen (secondary N) is 1. The highest BCUT2D eigenvalue weighted by molar-refractivity contribution is 4.80. The molecule has 1 atom stereocenters. The van der Waals surface area contributed by atoms with E-state index in [4.69, 9.17) is 0 Å². The molecule has 0 bridgehead atoms. The van der Waals surface area contributed by atoms with Gasteiger partial charge in [0.15, 0.2) is 0 Å². The lowest BCUT2D eigenvalue weighted by Gasteiger charge is -2.32. The molecular weight excluding hydrogens is 186 g/mol. The van der Waals surface area contributed by atoms with Gasteiger partial charge in [-0.15, -0.1) is 0 Å². The van der Waals surface area contributed by atoms with Crippen LogP contribution in [-0.2, 0) is 0 Å². The van der Waals surface area contributed by atoms with Gasteiger partial charge in [-0.25, -0.2) is 0 Å². The summed E-state index contributed by atoms with van der Waals surface area (Å²) < 4.78 is 0. The van der Waals surface area contributed by atoms with E-state index in [0.29, 0.717) is 6.04 Å². The molecule has 15 heavy (non-hydrogen) atoms. The minimum atomic E-state index is 0.685. The third-order valence-electron chi connectivity index (χ3n) is 3.06. The van der Waals surface area contributed by atoms with Crippen molar-refractivity contribution in [2.24, 2.45) is 5.92 Å². The van der Waals surface area contributed by atoms with Gasteiger partial charge in [0.05, 0.1) is 0 Å². The van der Waals surface area contributed by atoms with Gasteiger partial charge in [0.25, 0.3) is 0 Å². The molecule has 1 fully saturated rings. The van der Waals surface area contributed by atoms with Crippen molar-refractivity contribution in [1.29, 1.82) is 0 Å². The number of rotatable bonds is 4. The SMILES string of the molecule is CNCC1CN(C)CCCN1CC(C)C. The van der Waals surface area contributed by atoms with E-state index in [-0.39, 0.29) is 0 Å². The average Bonchev–Trinajstić information content (AvgIpc) is 2.29. The lowest BCUT2D eigenvalue weighted by Crippen LogP contribution is -2.47. The molecule has 1 heterocycles. The minimum absolute atomic E-state index is 0.685. The predicted molar refractivity (Wildman–Crippen MR) is 66.2 cm³/mol. The van der Waals surface area contributed by atoms with Crippen LogP contribution in [-0.4, -0.2) is 62.7 Å². The Hall–Kier alpha value is -0.120. The fourth-order valence-corrected chi connectivity index (χ4v) is 2.43. The Morgan fingerprint density at radius 2 is 2.07 bits per heavy atom. The maximum absolute atomic E-state index is 3.32. The highest BCUT2D eigenvalue weighted by Crippen LogP contribution is 2.10. The summed E-state index contributed by atoms with van der Waals surface area (Å²) in [5, 5.41) is 3.32. The van der Waals surface area contributed by atoms with Crippen molar-refractivity contribution in [3.05, 3.63) is 0 Å². The fraction of sp³-hybridized carbons (Fsp3) is 1.00. The summed E-state index contributed by atoms with van der Waals surface area (Å²) in [6.45, 7) is 10.7. The summed E-state index contributed by atoms with van der Waals surface area (Å²) in [5.41, 5.74) is 0. The Labute approximate surface area is 94.8 Å². The molecule has 1 rings (SSSR count). The second-order valence-electron chi connectivity index (χ2n) is 5.22. The quantitative estimate of drug-likeness (QED) is 0.747. The van der Waals surface area contributed by atoms with Gasteiger partial charge in [0.2, 0.25) is 0 Å². The van der Waals surface area contributed by atoms with Crippen LogP contribution in [0.3, 0.4) is 0 Å². The van der Waals surface area contributed by atoms with Crippen LogP contribution in [0.5, 0.6) is 0 Å². The van der Waals surface area contributed by atoms with Gasteiger partial charge in [0, 0.05) is 25.7 Å². The Kier molecular flexibility index (Phi) is 5.58. The maximum atomic E-state index is 3.32. The van der Waals surface area contributed by atoms with E-state index in [2.05, 4.69) is 43.1 Å². The number of likely N-dealkylation sites (N-methyl/N-ethyl adjacent to an activating group) is 2. The van der Waals surface area contributed by atoms with E-state index in [0.717, 1.165) is 12.5 Å². The van der Waals surface area contributed by atoms with E-state index < -0.39 is 0 Å². The first-order chi connectivity index (χ1) is 7.13. The maximum Gasteiger partial charge on any atom is 0.0347 e. The fourth-order valence-electron chi connectivity index (χ4n) is 2.43. The molecule has 0 aromatic heterocycles. The number of hydrogen-bond donors (Lipinski definition) is 1. The van der Waals surface area contributed by atoms with Gasteiger partial charge in [0.1, 0.15) is 0 Å². The Morgan fingerprint density at radius 3 is 2.67 bits per heavy atom. The molecule has 0 radical (unpaired) electrons. The topological polar surface area (TPSA) is 18.5 Å². The molecular formula is C12H27N3. The van der Waals surface area contributed by atoms with Crippen LogP contribution >= 0.6 is 0 Å². The van der Waals surface area contributed by atoms with E-state index in [1.807, 2.05) is 0 Å². The molecule has 0 amide bonds. The number of nitrogens with zero attached hydrogens (tertiary/aromatic N) is 2. The molecule has 1 aliphatic heterocycles. The van der Waals surface area contributed by atoms with Crippen molar-refractivity contribution in [2.75, 3.05) is 46.8 Å². The second-order valence-corrected chi connectivity index (χ2v) is 5.22. The van der Waals surface area contributed by atoms with Crippen molar-refractivity contribution in [3.8, 4) is 0 Å². The summed E-state index contributed by atoms with van der Waals surface area (Å²) in [6.07, 6.45) is 1.31. The van der Waals surface area contributed by atoms with Gasteiger partial charge in [-0.1, -0.05) is 13.8 Å². The van der Waals surface area contributed by atoms with Gasteiger partial charge in [-0.2, -0.15) is 0 Å². The van der Waals surface area contributed by atoms with Crippen molar-refractivity contribution >= 4 is 0 Å². The molecule has 90 valence electrons. The van der Waals surface area contributed by atoms with Crippen LogP contribution in [0.15, 0.2) is 0 Å². The molecule has 3 heteroatoms. The van der Waals surface area contributed by atoms with Crippen LogP contribution in [0.25, 0.3) is 0 Å². The summed E-state index contributed by atoms with van der Waals surface area (Å²) >= 11 is 0. The first-order valence-corrected chi connectivity index (χ1v) is 6.20. The zero-order valence-electron chi connectivity index (χ0n) is 10.8. The van der Waals surface area contributed by atoms with Crippen LogP contribution in [0.4, 0.5) is 0 Å².